The van der Waals surface area contributed by atoms with Gasteiger partial charge in [-0.1, -0.05) is 11.6 Å². The van der Waals surface area contributed by atoms with Crippen molar-refractivity contribution in [3.05, 3.63) is 14.9 Å². The van der Waals surface area contributed by atoms with Crippen LogP contribution in [0, 0.1) is 0 Å². The van der Waals surface area contributed by atoms with E-state index in [4.69, 9.17) is 21.1 Å². The molecule has 1 aromatic heterocycles. The van der Waals surface area contributed by atoms with Gasteiger partial charge in [0.1, 0.15) is 4.21 Å². The predicted molar refractivity (Wildman–Crippen MR) is 79.5 cm³/mol. The molecule has 0 atom stereocenters. The van der Waals surface area contributed by atoms with Crippen LogP contribution in [0.2, 0.25) is 5.02 Å². The first-order chi connectivity index (χ1) is 8.93. The van der Waals surface area contributed by atoms with Gasteiger partial charge in [0.2, 0.25) is 0 Å². The molecule has 0 unspecified atom stereocenters. The number of sulfonamides is 1. The highest BCUT2D eigenvalue weighted by molar-refractivity contribution is 9.11. The Morgan fingerprint density at radius 1 is 1.32 bits per heavy atom. The molecule has 0 aliphatic heterocycles. The van der Waals surface area contributed by atoms with Crippen molar-refractivity contribution in [1.29, 1.82) is 0 Å². The summed E-state index contributed by atoms with van der Waals surface area (Å²) in [6.45, 7) is 1.19. The number of hydrogen-bond donors (Lipinski definition) is 0. The van der Waals surface area contributed by atoms with Gasteiger partial charge in [0, 0.05) is 27.3 Å². The highest BCUT2D eigenvalue weighted by atomic mass is 79.9. The lowest BCUT2D eigenvalue weighted by Gasteiger charge is -2.20. The molecule has 1 heterocycles. The Balaban J connectivity index is 2.97. The van der Waals surface area contributed by atoms with E-state index < -0.39 is 10.0 Å². The number of hydrogen-bond acceptors (Lipinski definition) is 5. The molecule has 0 saturated carbocycles. The summed E-state index contributed by atoms with van der Waals surface area (Å²) < 4.78 is 36.9. The van der Waals surface area contributed by atoms with Crippen LogP contribution in [0.3, 0.4) is 0 Å². The number of rotatable bonds is 8. The van der Waals surface area contributed by atoms with E-state index in [1.165, 1.54) is 24.6 Å². The molecule has 19 heavy (non-hydrogen) atoms. The number of halogens is 2. The van der Waals surface area contributed by atoms with E-state index in [0.29, 0.717) is 22.0 Å². The van der Waals surface area contributed by atoms with Crippen LogP contribution in [-0.4, -0.2) is 53.2 Å². The zero-order valence-corrected chi connectivity index (χ0v) is 14.5. The monoisotopic (exact) mass is 391 g/mol. The summed E-state index contributed by atoms with van der Waals surface area (Å²) >= 11 is 10.2. The summed E-state index contributed by atoms with van der Waals surface area (Å²) in [4.78, 5) is 0. The summed E-state index contributed by atoms with van der Waals surface area (Å²) in [7, 11) is -0.515. The molecule has 0 spiro atoms. The van der Waals surface area contributed by atoms with E-state index in [-0.39, 0.29) is 17.3 Å². The third kappa shape index (κ3) is 4.66. The average molecular weight is 393 g/mol. The second-order valence-corrected chi connectivity index (χ2v) is 8.52. The van der Waals surface area contributed by atoms with E-state index in [0.717, 1.165) is 11.3 Å². The molecule has 0 N–H and O–H groups in total. The highest BCUT2D eigenvalue weighted by Crippen LogP contribution is 2.35. The first-order valence-corrected chi connectivity index (χ1v) is 8.79. The molecule has 0 radical (unpaired) electrons. The highest BCUT2D eigenvalue weighted by Gasteiger charge is 2.26. The van der Waals surface area contributed by atoms with Crippen molar-refractivity contribution in [3.63, 3.8) is 0 Å². The average Bonchev–Trinajstić information content (AvgIpc) is 2.70. The van der Waals surface area contributed by atoms with E-state index in [1.54, 1.807) is 0 Å². The molecule has 5 nitrogen and oxygen atoms in total. The van der Waals surface area contributed by atoms with Crippen LogP contribution < -0.4 is 0 Å². The van der Waals surface area contributed by atoms with Crippen LogP contribution in [0.4, 0.5) is 0 Å². The minimum Gasteiger partial charge on any atom is -0.383 e. The minimum atomic E-state index is -3.57. The molecular weight excluding hydrogens is 378 g/mol. The van der Waals surface area contributed by atoms with Crippen molar-refractivity contribution >= 4 is 48.9 Å². The van der Waals surface area contributed by atoms with Gasteiger partial charge in [-0.3, -0.25) is 0 Å². The smallest absolute Gasteiger partial charge is 0.252 e. The van der Waals surface area contributed by atoms with Gasteiger partial charge in [0.15, 0.2) is 0 Å². The van der Waals surface area contributed by atoms with Gasteiger partial charge in [-0.15, -0.1) is 11.3 Å². The molecular formula is C10H15BrClNO4S2. The Morgan fingerprint density at radius 2 is 1.84 bits per heavy atom. The van der Waals surface area contributed by atoms with E-state index in [1.807, 2.05) is 0 Å². The SMILES string of the molecule is COCCN(CCOC)S(=O)(=O)c1cc(Cl)c(Br)s1. The first kappa shape index (κ1) is 17.4. The maximum Gasteiger partial charge on any atom is 0.252 e. The van der Waals surface area contributed by atoms with Gasteiger partial charge in [0.25, 0.3) is 10.0 Å². The van der Waals surface area contributed by atoms with Crippen molar-refractivity contribution < 1.29 is 17.9 Å². The van der Waals surface area contributed by atoms with Gasteiger partial charge in [-0.2, -0.15) is 4.31 Å². The van der Waals surface area contributed by atoms with Gasteiger partial charge < -0.3 is 9.47 Å². The fourth-order valence-corrected chi connectivity index (χ4v) is 5.28. The van der Waals surface area contributed by atoms with E-state index in [2.05, 4.69) is 15.9 Å². The van der Waals surface area contributed by atoms with Crippen molar-refractivity contribution in [2.45, 2.75) is 4.21 Å². The van der Waals surface area contributed by atoms with Crippen molar-refractivity contribution in [2.75, 3.05) is 40.5 Å². The summed E-state index contributed by atoms with van der Waals surface area (Å²) in [5, 5.41) is 0.391. The van der Waals surface area contributed by atoms with Crippen LogP contribution in [0.1, 0.15) is 0 Å². The largest absolute Gasteiger partial charge is 0.383 e. The summed E-state index contributed by atoms with van der Waals surface area (Å²) in [6, 6.07) is 1.44. The Kier molecular flexibility index (Phi) is 7.23. The molecule has 1 aromatic rings. The molecule has 0 fully saturated rings. The maximum absolute atomic E-state index is 12.5. The summed E-state index contributed by atoms with van der Waals surface area (Å²) in [6.07, 6.45) is 0. The van der Waals surface area contributed by atoms with E-state index >= 15 is 0 Å². The molecule has 0 bridgehead atoms. The zero-order chi connectivity index (χ0) is 14.5. The van der Waals surface area contributed by atoms with E-state index in [9.17, 15) is 8.42 Å². The lowest BCUT2D eigenvalue weighted by atomic mass is 10.6. The second kappa shape index (κ2) is 7.92. The van der Waals surface area contributed by atoms with Gasteiger partial charge in [-0.25, -0.2) is 8.42 Å². The van der Waals surface area contributed by atoms with Gasteiger partial charge >= 0.3 is 0 Å². The fraction of sp³-hybridized carbons (Fsp3) is 0.600. The molecule has 0 amide bonds. The minimum absolute atomic E-state index is 0.205. The van der Waals surface area contributed by atoms with Crippen LogP contribution in [0.25, 0.3) is 0 Å². The third-order valence-electron chi connectivity index (χ3n) is 2.31. The molecule has 110 valence electrons. The third-order valence-corrected chi connectivity index (χ3v) is 7.13. The fourth-order valence-electron chi connectivity index (χ4n) is 1.32. The Morgan fingerprint density at radius 3 is 2.21 bits per heavy atom. The molecule has 0 aliphatic carbocycles. The van der Waals surface area contributed by atoms with Gasteiger partial charge in [-0.05, 0) is 22.0 Å². The standard InChI is InChI=1S/C10H15BrClNO4S2/c1-16-5-3-13(4-6-17-2)19(14,15)9-7-8(12)10(11)18-9/h7H,3-6H2,1-2H3. The number of methoxy groups -OCH3 is 2. The van der Waals surface area contributed by atoms with Crippen LogP contribution >= 0.6 is 38.9 Å². The Labute approximate surface area is 130 Å². The maximum atomic E-state index is 12.5. The predicted octanol–water partition coefficient (Wildman–Crippen LogP) is 2.45. The summed E-state index contributed by atoms with van der Waals surface area (Å²) in [5.41, 5.74) is 0. The van der Waals surface area contributed by atoms with Crippen LogP contribution in [-0.2, 0) is 19.5 Å². The summed E-state index contributed by atoms with van der Waals surface area (Å²) in [5.74, 6) is 0. The number of nitrogens with zero attached hydrogens (tertiary/aromatic N) is 1. The van der Waals surface area contributed by atoms with Crippen LogP contribution in [0.15, 0.2) is 14.1 Å². The quantitative estimate of drug-likeness (QED) is 0.682. The van der Waals surface area contributed by atoms with Crippen molar-refractivity contribution in [2.24, 2.45) is 0 Å². The van der Waals surface area contributed by atoms with Crippen LogP contribution in [0.5, 0.6) is 0 Å². The van der Waals surface area contributed by atoms with Crippen molar-refractivity contribution in [3.8, 4) is 0 Å². The molecule has 0 aromatic carbocycles. The first-order valence-electron chi connectivity index (χ1n) is 5.36. The normalized spacial score (nSPS) is 12.3. The zero-order valence-electron chi connectivity index (χ0n) is 10.6. The molecule has 1 rings (SSSR count). The molecule has 0 saturated heterocycles. The number of ether oxygens (including phenoxy) is 2. The Bertz CT molecular complexity index is 478. The Hall–Kier alpha value is 0.300. The van der Waals surface area contributed by atoms with Gasteiger partial charge in [0.05, 0.1) is 22.0 Å². The second-order valence-electron chi connectivity index (χ2n) is 3.58. The lowest BCUT2D eigenvalue weighted by Crippen LogP contribution is -2.36. The number of thiophene rings is 1. The lowest BCUT2D eigenvalue weighted by molar-refractivity contribution is 0.150. The molecule has 0 aliphatic rings. The molecule has 9 heteroatoms. The van der Waals surface area contributed by atoms with Crippen molar-refractivity contribution in [1.82, 2.24) is 4.31 Å². The topological polar surface area (TPSA) is 55.8 Å².